The summed E-state index contributed by atoms with van der Waals surface area (Å²) >= 11 is 0. The zero-order valence-electron chi connectivity index (χ0n) is 38.8. The van der Waals surface area contributed by atoms with Crippen LogP contribution in [0.25, 0.3) is 111 Å². The van der Waals surface area contributed by atoms with Crippen LogP contribution in [-0.2, 0) is 5.41 Å². The first-order valence-electron chi connectivity index (χ1n) is 25.4. The van der Waals surface area contributed by atoms with Crippen LogP contribution in [0, 0.1) is 23.7 Å². The third-order valence-corrected chi connectivity index (χ3v) is 17.5. The van der Waals surface area contributed by atoms with E-state index < -0.39 is 0 Å². The van der Waals surface area contributed by atoms with Crippen molar-refractivity contribution < 1.29 is 0 Å². The summed E-state index contributed by atoms with van der Waals surface area (Å²) in [7, 11) is 0. The average Bonchev–Trinajstić information content (AvgIpc) is 4.04. The SMILES string of the molecule is c1ccc(-c2nc(-c3ccc(-n4c5ccccc5c5cc(-c6ccc7c(c6)c6ccccc6n7-c6ccc7c(c6)C6(c8ccccc8-7)C7CC8CC(C7)CC6C8)ccc54)cc3)c3ccccc3n2)cc1. The average molecular weight is 897 g/mol. The van der Waals surface area contributed by atoms with Crippen molar-refractivity contribution in [2.45, 2.75) is 37.5 Å². The van der Waals surface area contributed by atoms with Crippen LogP contribution >= 0.6 is 0 Å². The molecule has 4 fully saturated rings. The lowest BCUT2D eigenvalue weighted by atomic mass is 9.43. The molecule has 4 saturated carbocycles. The Kier molecular flexibility index (Phi) is 8.03. The summed E-state index contributed by atoms with van der Waals surface area (Å²) in [6.45, 7) is 0. The van der Waals surface area contributed by atoms with Gasteiger partial charge in [0, 0.05) is 54.8 Å². The van der Waals surface area contributed by atoms with E-state index in [2.05, 4.69) is 191 Å². The van der Waals surface area contributed by atoms with Gasteiger partial charge >= 0.3 is 0 Å². The molecule has 3 heterocycles. The number of hydrogen-bond acceptors (Lipinski definition) is 2. The first kappa shape index (κ1) is 38.8. The predicted octanol–water partition coefficient (Wildman–Crippen LogP) is 16.5. The van der Waals surface area contributed by atoms with Gasteiger partial charge in [-0.3, -0.25) is 0 Å². The molecule has 4 nitrogen and oxygen atoms in total. The van der Waals surface area contributed by atoms with Gasteiger partial charge in [0.1, 0.15) is 0 Å². The molecule has 1 spiro atoms. The van der Waals surface area contributed by atoms with Crippen LogP contribution in [0.15, 0.2) is 206 Å². The van der Waals surface area contributed by atoms with Crippen molar-refractivity contribution in [2.24, 2.45) is 23.7 Å². The maximum Gasteiger partial charge on any atom is 0.160 e. The number of rotatable bonds is 5. The van der Waals surface area contributed by atoms with Gasteiger partial charge < -0.3 is 9.13 Å². The number of hydrogen-bond donors (Lipinski definition) is 0. The molecule has 0 amide bonds. The third-order valence-electron chi connectivity index (χ3n) is 17.5. The van der Waals surface area contributed by atoms with E-state index in [1.807, 2.05) is 24.3 Å². The van der Waals surface area contributed by atoms with Crippen molar-refractivity contribution in [2.75, 3.05) is 0 Å². The number of benzene rings is 9. The zero-order chi connectivity index (χ0) is 45.7. The van der Waals surface area contributed by atoms with Gasteiger partial charge in [0.15, 0.2) is 5.82 Å². The summed E-state index contributed by atoms with van der Waals surface area (Å²) < 4.78 is 4.96. The second-order valence-electron chi connectivity index (χ2n) is 20.9. The van der Waals surface area contributed by atoms with Gasteiger partial charge in [-0.15, -0.1) is 0 Å². The summed E-state index contributed by atoms with van der Waals surface area (Å²) in [4.78, 5) is 10.1. The van der Waals surface area contributed by atoms with Crippen molar-refractivity contribution >= 4 is 54.5 Å². The molecule has 0 N–H and O–H groups in total. The Hall–Kier alpha value is -8.08. The monoisotopic (exact) mass is 896 g/mol. The Morgan fingerprint density at radius 3 is 1.57 bits per heavy atom. The minimum Gasteiger partial charge on any atom is -0.309 e. The van der Waals surface area contributed by atoms with Crippen molar-refractivity contribution in [3.8, 4) is 56.3 Å². The number of aromatic nitrogens is 4. The van der Waals surface area contributed by atoms with Crippen molar-refractivity contribution in [1.29, 1.82) is 0 Å². The molecule has 12 aromatic rings. The van der Waals surface area contributed by atoms with E-state index in [9.17, 15) is 0 Å². The van der Waals surface area contributed by atoms with E-state index >= 15 is 0 Å². The highest BCUT2D eigenvalue weighted by Gasteiger charge is 2.61. The molecule has 332 valence electrons. The van der Waals surface area contributed by atoms with E-state index in [0.717, 1.165) is 62.9 Å². The third kappa shape index (κ3) is 5.36. The summed E-state index contributed by atoms with van der Waals surface area (Å²) in [6.07, 6.45) is 7.03. The molecule has 5 aliphatic rings. The van der Waals surface area contributed by atoms with Crippen LogP contribution in [0.5, 0.6) is 0 Å². The Morgan fingerprint density at radius 2 is 0.886 bits per heavy atom. The standard InChI is InChI=1S/C66H48N4/c1-2-12-43(13-3-1)65-67-59-19-9-5-17-54(59)64(68-65)42-22-26-48(27-23-42)69-60-20-10-6-15-52(60)55-37-44(24-30-62(55)69)45-25-31-63-56(38-45)53-16-7-11-21-61(53)70(63)49-28-29-51-50-14-4-8-18-57(50)66(58(51)39-49)46-33-40-32-41(35-46)36-47(66)34-40/h1-31,37-41,46-47H,32-36H2. The lowest BCUT2D eigenvalue weighted by Gasteiger charge is -2.61. The molecule has 3 aromatic heterocycles. The molecule has 70 heavy (non-hydrogen) atoms. The summed E-state index contributed by atoms with van der Waals surface area (Å²) in [5.41, 5.74) is 20.0. The fourth-order valence-electron chi connectivity index (χ4n) is 14.9. The van der Waals surface area contributed by atoms with Gasteiger partial charge in [-0.25, -0.2) is 9.97 Å². The molecule has 4 heteroatoms. The Labute approximate surface area is 406 Å². The van der Waals surface area contributed by atoms with Gasteiger partial charge in [-0.2, -0.15) is 0 Å². The fraction of sp³-hybridized carbons (Fsp3) is 0.152. The first-order chi connectivity index (χ1) is 34.7. The Balaban J connectivity index is 0.798. The minimum absolute atomic E-state index is 0.132. The van der Waals surface area contributed by atoms with Crippen molar-refractivity contribution in [1.82, 2.24) is 19.1 Å². The predicted molar refractivity (Wildman–Crippen MR) is 288 cm³/mol. The molecule has 5 aliphatic carbocycles. The lowest BCUT2D eigenvalue weighted by Crippen LogP contribution is -2.55. The fourth-order valence-corrected chi connectivity index (χ4v) is 14.9. The number of para-hydroxylation sites is 3. The lowest BCUT2D eigenvalue weighted by molar-refractivity contribution is -0.0399. The quantitative estimate of drug-likeness (QED) is 0.173. The second-order valence-corrected chi connectivity index (χ2v) is 20.9. The molecule has 4 bridgehead atoms. The molecule has 0 aliphatic heterocycles. The molecule has 9 aromatic carbocycles. The largest absolute Gasteiger partial charge is 0.309 e. The summed E-state index contributed by atoms with van der Waals surface area (Å²) in [5, 5.41) is 6.11. The molecular formula is C66H48N4. The van der Waals surface area contributed by atoms with Crippen LogP contribution < -0.4 is 0 Å². The molecular weight excluding hydrogens is 849 g/mol. The van der Waals surface area contributed by atoms with Gasteiger partial charge in [0.05, 0.1) is 33.3 Å². The zero-order valence-corrected chi connectivity index (χ0v) is 38.8. The highest BCUT2D eigenvalue weighted by atomic mass is 15.0. The topological polar surface area (TPSA) is 35.6 Å². The first-order valence-corrected chi connectivity index (χ1v) is 25.4. The summed E-state index contributed by atoms with van der Waals surface area (Å²) in [5.74, 6) is 4.05. The Bertz CT molecular complexity index is 4110. The van der Waals surface area contributed by atoms with Gasteiger partial charge in [-0.05, 0) is 156 Å². The van der Waals surface area contributed by atoms with E-state index in [4.69, 9.17) is 9.97 Å². The molecule has 0 saturated heterocycles. The molecule has 0 atom stereocenters. The molecule has 0 radical (unpaired) electrons. The summed E-state index contributed by atoms with van der Waals surface area (Å²) in [6, 6.07) is 76.5. The molecule has 0 unspecified atom stereocenters. The van der Waals surface area contributed by atoms with E-state index in [1.54, 1.807) is 11.1 Å². The maximum atomic E-state index is 5.15. The van der Waals surface area contributed by atoms with Gasteiger partial charge in [0.25, 0.3) is 0 Å². The van der Waals surface area contributed by atoms with Crippen LogP contribution in [0.3, 0.4) is 0 Å². The highest BCUT2D eigenvalue weighted by molar-refractivity contribution is 6.13. The van der Waals surface area contributed by atoms with Crippen LogP contribution in [0.4, 0.5) is 0 Å². The maximum absolute atomic E-state index is 5.15. The van der Waals surface area contributed by atoms with Crippen LogP contribution in [0.1, 0.15) is 43.2 Å². The smallest absolute Gasteiger partial charge is 0.160 e. The van der Waals surface area contributed by atoms with E-state index in [1.165, 1.54) is 104 Å². The van der Waals surface area contributed by atoms with E-state index in [-0.39, 0.29) is 5.41 Å². The Morgan fingerprint density at radius 1 is 0.357 bits per heavy atom. The minimum atomic E-state index is 0.132. The number of nitrogens with zero attached hydrogens (tertiary/aromatic N) is 4. The van der Waals surface area contributed by atoms with Gasteiger partial charge in [0.2, 0.25) is 0 Å². The number of fused-ring (bicyclic) bond motifs is 10. The van der Waals surface area contributed by atoms with Crippen LogP contribution in [0.2, 0.25) is 0 Å². The van der Waals surface area contributed by atoms with Gasteiger partial charge in [-0.1, -0.05) is 140 Å². The second kappa shape index (κ2) is 14.5. The van der Waals surface area contributed by atoms with Crippen molar-refractivity contribution in [3.63, 3.8) is 0 Å². The highest BCUT2D eigenvalue weighted by Crippen LogP contribution is 2.69. The van der Waals surface area contributed by atoms with Crippen LogP contribution in [-0.4, -0.2) is 19.1 Å². The van der Waals surface area contributed by atoms with Crippen molar-refractivity contribution in [3.05, 3.63) is 217 Å². The van der Waals surface area contributed by atoms with E-state index in [0.29, 0.717) is 0 Å². The normalized spacial score (nSPS) is 20.9. The molecule has 17 rings (SSSR count).